The van der Waals surface area contributed by atoms with Gasteiger partial charge in [0.1, 0.15) is 5.69 Å². The summed E-state index contributed by atoms with van der Waals surface area (Å²) in [5.74, 6) is 0. The van der Waals surface area contributed by atoms with Gasteiger partial charge in [0.2, 0.25) is 0 Å². The number of hydroxylamine groups is 1. The molecule has 0 fully saturated rings. The number of hydrogen-bond donors (Lipinski definition) is 1. The highest BCUT2D eigenvalue weighted by Gasteiger charge is 2.20. The summed E-state index contributed by atoms with van der Waals surface area (Å²) in [5, 5.41) is 10.7. The number of halogens is 1. The maximum atomic E-state index is 11.3. The van der Waals surface area contributed by atoms with Gasteiger partial charge in [0.05, 0.1) is 5.56 Å². The Hall–Kier alpha value is -1.04. The highest BCUT2D eigenvalue weighted by Crippen LogP contribution is 2.18. The molecule has 5 heteroatoms. The van der Waals surface area contributed by atoms with E-state index in [4.69, 9.17) is 0 Å². The van der Waals surface area contributed by atoms with E-state index in [9.17, 15) is 10.0 Å². The van der Waals surface area contributed by atoms with Crippen LogP contribution in [0.25, 0.3) is 0 Å². The van der Waals surface area contributed by atoms with Crippen LogP contribution in [0.3, 0.4) is 0 Å². The zero-order valence-corrected chi connectivity index (χ0v) is 8.04. The van der Waals surface area contributed by atoms with Crippen LogP contribution in [0.5, 0.6) is 0 Å². The molecular weight excluding hydrogens is 236 g/mol. The number of carbonyl (C=O) groups excluding carboxylic acids is 1. The summed E-state index contributed by atoms with van der Waals surface area (Å²) in [6.45, 7) is 0. The van der Waals surface area contributed by atoms with E-state index in [1.54, 1.807) is 18.2 Å². The number of nitrogens with zero attached hydrogens (tertiary/aromatic N) is 1. The van der Waals surface area contributed by atoms with Crippen molar-refractivity contribution in [3.8, 4) is 0 Å². The van der Waals surface area contributed by atoms with Gasteiger partial charge in [-0.1, -0.05) is 15.9 Å². The van der Waals surface area contributed by atoms with Crippen molar-refractivity contribution in [2.75, 3.05) is 0 Å². The van der Waals surface area contributed by atoms with Crippen LogP contribution in [-0.2, 0) is 0 Å². The van der Waals surface area contributed by atoms with Crippen LogP contribution in [0.4, 0.5) is 10.5 Å². The van der Waals surface area contributed by atoms with Crippen molar-refractivity contribution in [3.05, 3.63) is 33.4 Å². The Bertz CT molecular complexity index is 403. The molecule has 0 aromatic heterocycles. The molecule has 1 unspecified atom stereocenters. The van der Waals surface area contributed by atoms with Crippen molar-refractivity contribution < 1.29 is 9.86 Å². The smallest absolute Gasteiger partial charge is 0.446 e. The number of urea groups is 1. The van der Waals surface area contributed by atoms with Crippen LogP contribution in [-0.4, -0.2) is 12.2 Å². The Morgan fingerprint density at radius 1 is 1.46 bits per heavy atom. The molecule has 2 amide bonds. The molecule has 1 aliphatic heterocycles. The number of rotatable bonds is 0. The lowest BCUT2D eigenvalue weighted by atomic mass is 10.2. The molecule has 1 atom stereocenters. The molecule has 4 nitrogen and oxygen atoms in total. The second-order valence-corrected chi connectivity index (χ2v) is 3.54. The van der Waals surface area contributed by atoms with E-state index in [1.165, 1.54) is 6.21 Å². The second kappa shape index (κ2) is 3.02. The number of nitrogens with one attached hydrogen (secondary N) is 1. The van der Waals surface area contributed by atoms with E-state index in [-0.39, 0.29) is 0 Å². The average molecular weight is 241 g/mol. The fourth-order valence-corrected chi connectivity index (χ4v) is 1.50. The van der Waals surface area contributed by atoms with Gasteiger partial charge in [0.15, 0.2) is 0 Å². The van der Waals surface area contributed by atoms with Crippen molar-refractivity contribution in [1.82, 2.24) is 0 Å². The summed E-state index contributed by atoms with van der Waals surface area (Å²) in [4.78, 5) is 14.4. The fraction of sp³-hybridized carbons (Fsp3) is 0. The Labute approximate surface area is 82.6 Å². The average Bonchev–Trinajstić information content (AvgIpc) is 2.12. The van der Waals surface area contributed by atoms with Crippen molar-refractivity contribution in [3.63, 3.8) is 0 Å². The SMILES string of the molecule is O=C1N=Cc2ccc(Br)cc2[NH+]1[O-]. The summed E-state index contributed by atoms with van der Waals surface area (Å²) in [7, 11) is 0. The van der Waals surface area contributed by atoms with Gasteiger partial charge in [-0.2, -0.15) is 4.99 Å². The predicted octanol–water partition coefficient (Wildman–Crippen LogP) is 1.02. The Kier molecular flexibility index (Phi) is 1.99. The molecule has 1 aromatic rings. The summed E-state index contributed by atoms with van der Waals surface area (Å²) in [6, 6.07) is 4.47. The van der Waals surface area contributed by atoms with Crippen molar-refractivity contribution in [2.24, 2.45) is 4.99 Å². The lowest BCUT2D eigenvalue weighted by Crippen LogP contribution is -3.05. The van der Waals surface area contributed by atoms with Crippen LogP contribution in [0, 0.1) is 5.21 Å². The standard InChI is InChI=1S/C8H5BrN2O2/c9-6-2-1-5-4-10-8(12)11(13)7(5)3-6/h1-4,11H. The molecule has 0 bridgehead atoms. The van der Waals surface area contributed by atoms with E-state index >= 15 is 0 Å². The molecular formula is C8H5BrN2O2. The minimum atomic E-state index is -0.703. The van der Waals surface area contributed by atoms with Gasteiger partial charge in [-0.15, -0.1) is 0 Å². The molecule has 1 N–H and O–H groups in total. The van der Waals surface area contributed by atoms with Crippen LogP contribution in [0.1, 0.15) is 5.56 Å². The maximum Gasteiger partial charge on any atom is 0.446 e. The van der Waals surface area contributed by atoms with Gasteiger partial charge < -0.3 is 5.21 Å². The van der Waals surface area contributed by atoms with Crippen LogP contribution in [0.15, 0.2) is 27.7 Å². The number of aliphatic imine (C=N–C) groups is 1. The van der Waals surface area contributed by atoms with Crippen molar-refractivity contribution >= 4 is 33.9 Å². The Morgan fingerprint density at radius 3 is 3.00 bits per heavy atom. The molecule has 66 valence electrons. The molecule has 1 heterocycles. The first-order chi connectivity index (χ1) is 6.18. The van der Waals surface area contributed by atoms with Gasteiger partial charge >= 0.3 is 6.03 Å². The number of carbonyl (C=O) groups is 1. The van der Waals surface area contributed by atoms with Gasteiger partial charge in [-0.05, 0) is 12.1 Å². The van der Waals surface area contributed by atoms with Crippen LogP contribution < -0.4 is 5.06 Å². The largest absolute Gasteiger partial charge is 0.620 e. The molecule has 2 rings (SSSR count). The zero-order chi connectivity index (χ0) is 9.42. The second-order valence-electron chi connectivity index (χ2n) is 2.62. The molecule has 0 saturated heterocycles. The molecule has 1 aliphatic rings. The number of benzene rings is 1. The third-order valence-electron chi connectivity index (χ3n) is 1.78. The summed E-state index contributed by atoms with van der Waals surface area (Å²) < 4.78 is 0.780. The summed E-state index contributed by atoms with van der Waals surface area (Å²) in [6.07, 6.45) is 1.41. The normalized spacial score (nSPS) is 20.2. The Balaban J connectivity index is 2.60. The minimum absolute atomic E-state index is 0.411. The highest BCUT2D eigenvalue weighted by molar-refractivity contribution is 9.10. The van der Waals surface area contributed by atoms with Crippen LogP contribution in [0.2, 0.25) is 0 Å². The molecule has 0 radical (unpaired) electrons. The highest BCUT2D eigenvalue weighted by atomic mass is 79.9. The van der Waals surface area contributed by atoms with E-state index in [2.05, 4.69) is 20.9 Å². The lowest BCUT2D eigenvalue weighted by Gasteiger charge is -2.20. The molecule has 0 saturated carbocycles. The molecule has 1 aromatic carbocycles. The number of fused-ring (bicyclic) bond motifs is 1. The molecule has 0 spiro atoms. The fourth-order valence-electron chi connectivity index (χ4n) is 1.14. The van der Waals surface area contributed by atoms with Gasteiger partial charge in [0, 0.05) is 16.8 Å². The van der Waals surface area contributed by atoms with E-state index < -0.39 is 11.1 Å². The third kappa shape index (κ3) is 1.41. The summed E-state index contributed by atoms with van der Waals surface area (Å²) >= 11 is 3.23. The minimum Gasteiger partial charge on any atom is -0.620 e. The zero-order valence-electron chi connectivity index (χ0n) is 6.45. The third-order valence-corrected chi connectivity index (χ3v) is 2.27. The Morgan fingerprint density at radius 2 is 2.23 bits per heavy atom. The first kappa shape index (κ1) is 8.55. The van der Waals surface area contributed by atoms with Gasteiger partial charge in [0.25, 0.3) is 0 Å². The predicted molar refractivity (Wildman–Crippen MR) is 51.1 cm³/mol. The number of hydrogen-bond acceptors (Lipinski definition) is 2. The number of amides is 2. The van der Waals surface area contributed by atoms with Crippen molar-refractivity contribution in [1.29, 1.82) is 0 Å². The maximum absolute atomic E-state index is 11.3. The first-order valence-corrected chi connectivity index (χ1v) is 4.40. The van der Waals surface area contributed by atoms with E-state index in [0.29, 0.717) is 11.3 Å². The number of quaternary nitrogens is 1. The van der Waals surface area contributed by atoms with E-state index in [1.807, 2.05) is 0 Å². The lowest BCUT2D eigenvalue weighted by molar-refractivity contribution is -0.679. The van der Waals surface area contributed by atoms with Crippen LogP contribution >= 0.6 is 15.9 Å². The van der Waals surface area contributed by atoms with Gasteiger partial charge in [-0.3, -0.25) is 5.06 Å². The molecule has 13 heavy (non-hydrogen) atoms. The summed E-state index contributed by atoms with van der Waals surface area (Å²) in [5.41, 5.74) is 1.10. The topological polar surface area (TPSA) is 56.9 Å². The first-order valence-electron chi connectivity index (χ1n) is 3.61. The van der Waals surface area contributed by atoms with E-state index in [0.717, 1.165) is 4.47 Å². The van der Waals surface area contributed by atoms with Gasteiger partial charge in [-0.25, -0.2) is 4.79 Å². The molecule has 0 aliphatic carbocycles. The quantitative estimate of drug-likeness (QED) is 0.689. The van der Waals surface area contributed by atoms with Crippen molar-refractivity contribution in [2.45, 2.75) is 0 Å². The monoisotopic (exact) mass is 240 g/mol.